The summed E-state index contributed by atoms with van der Waals surface area (Å²) >= 11 is 6.60. The minimum Gasteiger partial charge on any atom is -0.326 e. The first-order chi connectivity index (χ1) is 12.9. The minimum absolute atomic E-state index is 0.142. The van der Waals surface area contributed by atoms with E-state index in [9.17, 15) is 9.59 Å². The van der Waals surface area contributed by atoms with Crippen LogP contribution in [-0.4, -0.2) is 27.6 Å². The van der Waals surface area contributed by atoms with Crippen molar-refractivity contribution in [3.05, 3.63) is 70.1 Å². The first-order valence-electron chi connectivity index (χ1n) is 8.61. The van der Waals surface area contributed by atoms with Crippen molar-refractivity contribution in [2.45, 2.75) is 20.3 Å². The molecule has 2 aromatic rings. The molecule has 0 saturated carbocycles. The number of thiocarbonyl (C=S) groups is 1. The van der Waals surface area contributed by atoms with Gasteiger partial charge in [0.05, 0.1) is 4.91 Å². The van der Waals surface area contributed by atoms with Crippen molar-refractivity contribution < 1.29 is 9.59 Å². The molecule has 2 aromatic carbocycles. The summed E-state index contributed by atoms with van der Waals surface area (Å²) in [7, 11) is 0. The molecule has 6 heteroatoms. The fourth-order valence-electron chi connectivity index (χ4n) is 2.67. The van der Waals surface area contributed by atoms with Crippen LogP contribution in [0.4, 0.5) is 5.69 Å². The number of thioether (sulfide) groups is 1. The number of carbonyl (C=O) groups is 2. The molecule has 1 saturated heterocycles. The van der Waals surface area contributed by atoms with E-state index in [1.807, 2.05) is 68.5 Å². The van der Waals surface area contributed by atoms with Crippen LogP contribution in [-0.2, 0) is 9.59 Å². The van der Waals surface area contributed by atoms with Gasteiger partial charge < -0.3 is 5.32 Å². The quantitative estimate of drug-likeness (QED) is 0.596. The topological polar surface area (TPSA) is 49.4 Å². The smallest absolute Gasteiger partial charge is 0.266 e. The lowest BCUT2D eigenvalue weighted by Gasteiger charge is -2.14. The molecule has 0 spiro atoms. The molecule has 0 unspecified atom stereocenters. The lowest BCUT2D eigenvalue weighted by molar-refractivity contribution is -0.122. The van der Waals surface area contributed by atoms with E-state index in [0.717, 1.165) is 16.8 Å². The van der Waals surface area contributed by atoms with E-state index in [4.69, 9.17) is 12.2 Å². The van der Waals surface area contributed by atoms with Crippen molar-refractivity contribution in [2.24, 2.45) is 0 Å². The van der Waals surface area contributed by atoms with Crippen molar-refractivity contribution in [2.75, 3.05) is 11.9 Å². The monoisotopic (exact) mass is 396 g/mol. The van der Waals surface area contributed by atoms with E-state index in [0.29, 0.717) is 9.23 Å². The van der Waals surface area contributed by atoms with Crippen LogP contribution in [0.1, 0.15) is 23.1 Å². The average Bonchev–Trinajstić information content (AvgIpc) is 2.88. The molecule has 0 aromatic heterocycles. The van der Waals surface area contributed by atoms with Gasteiger partial charge in [0.15, 0.2) is 0 Å². The number of amides is 2. The Morgan fingerprint density at radius 2 is 1.89 bits per heavy atom. The predicted molar refractivity (Wildman–Crippen MR) is 115 cm³/mol. The van der Waals surface area contributed by atoms with Crippen molar-refractivity contribution >= 4 is 51.9 Å². The number of hydrogen-bond donors (Lipinski definition) is 1. The highest BCUT2D eigenvalue weighted by atomic mass is 32.2. The average molecular weight is 397 g/mol. The summed E-state index contributed by atoms with van der Waals surface area (Å²) < 4.78 is 0.488. The Labute approximate surface area is 168 Å². The van der Waals surface area contributed by atoms with Gasteiger partial charge in [-0.3, -0.25) is 14.5 Å². The molecule has 2 amide bonds. The second-order valence-electron chi connectivity index (χ2n) is 6.41. The molecule has 0 radical (unpaired) electrons. The summed E-state index contributed by atoms with van der Waals surface area (Å²) in [5.41, 5.74) is 3.95. The maximum absolute atomic E-state index is 12.6. The zero-order valence-corrected chi connectivity index (χ0v) is 16.8. The number of rotatable bonds is 5. The zero-order chi connectivity index (χ0) is 19.4. The van der Waals surface area contributed by atoms with E-state index in [1.165, 1.54) is 22.2 Å². The third-order valence-corrected chi connectivity index (χ3v) is 5.49. The van der Waals surface area contributed by atoms with Crippen LogP contribution in [0.25, 0.3) is 6.08 Å². The molecule has 1 fully saturated rings. The molecule has 0 aliphatic carbocycles. The maximum Gasteiger partial charge on any atom is 0.266 e. The number of carbonyl (C=O) groups excluding carboxylic acids is 2. The SMILES string of the molecule is Cc1ccc(C=C2SC(=S)N(CCC(=O)Nc3cccc(C)c3)C2=O)cc1. The van der Waals surface area contributed by atoms with E-state index in [-0.39, 0.29) is 24.8 Å². The number of aryl methyl sites for hydroxylation is 2. The zero-order valence-electron chi connectivity index (χ0n) is 15.2. The van der Waals surface area contributed by atoms with Crippen molar-refractivity contribution in [1.82, 2.24) is 4.90 Å². The van der Waals surface area contributed by atoms with Gasteiger partial charge in [-0.05, 0) is 43.2 Å². The van der Waals surface area contributed by atoms with Crippen LogP contribution in [0.2, 0.25) is 0 Å². The molecule has 1 aliphatic heterocycles. The maximum atomic E-state index is 12.6. The molecule has 1 aliphatic rings. The molecule has 0 atom stereocenters. The molecule has 0 bridgehead atoms. The van der Waals surface area contributed by atoms with Crippen LogP contribution >= 0.6 is 24.0 Å². The highest BCUT2D eigenvalue weighted by molar-refractivity contribution is 8.26. The predicted octanol–water partition coefficient (Wildman–Crippen LogP) is 4.53. The summed E-state index contributed by atoms with van der Waals surface area (Å²) in [6, 6.07) is 15.5. The standard InChI is InChI=1S/C21H20N2O2S2/c1-14-6-8-16(9-7-14)13-18-20(25)23(21(26)27-18)11-10-19(24)22-17-5-3-4-15(2)12-17/h3-9,12-13H,10-11H2,1-2H3,(H,22,24). The van der Waals surface area contributed by atoms with Crippen LogP contribution in [0.15, 0.2) is 53.4 Å². The lowest BCUT2D eigenvalue weighted by atomic mass is 10.1. The van der Waals surface area contributed by atoms with Gasteiger partial charge in [-0.2, -0.15) is 0 Å². The van der Waals surface area contributed by atoms with Gasteiger partial charge in [0.25, 0.3) is 5.91 Å². The van der Waals surface area contributed by atoms with Gasteiger partial charge in [0, 0.05) is 18.7 Å². The molecule has 138 valence electrons. The Hall–Kier alpha value is -2.44. The third kappa shape index (κ3) is 5.05. The second kappa shape index (κ2) is 8.50. The fourth-order valence-corrected chi connectivity index (χ4v) is 3.98. The summed E-state index contributed by atoms with van der Waals surface area (Å²) in [5, 5.41) is 2.85. The molecule has 1 heterocycles. The van der Waals surface area contributed by atoms with Gasteiger partial charge in [0.1, 0.15) is 4.32 Å². The van der Waals surface area contributed by atoms with Crippen LogP contribution in [0.5, 0.6) is 0 Å². The highest BCUT2D eigenvalue weighted by Gasteiger charge is 2.32. The molecule has 4 nitrogen and oxygen atoms in total. The molecular formula is C21H20N2O2S2. The Balaban J connectivity index is 1.60. The largest absolute Gasteiger partial charge is 0.326 e. The highest BCUT2D eigenvalue weighted by Crippen LogP contribution is 2.32. The summed E-state index contributed by atoms with van der Waals surface area (Å²) in [5.74, 6) is -0.286. The third-order valence-electron chi connectivity index (χ3n) is 4.11. The summed E-state index contributed by atoms with van der Waals surface area (Å²) in [4.78, 5) is 26.9. The molecule has 1 N–H and O–H groups in total. The van der Waals surface area contributed by atoms with E-state index in [1.54, 1.807) is 0 Å². The summed E-state index contributed by atoms with van der Waals surface area (Å²) in [6.45, 7) is 4.26. The lowest BCUT2D eigenvalue weighted by Crippen LogP contribution is -2.31. The van der Waals surface area contributed by atoms with Crippen molar-refractivity contribution in [3.63, 3.8) is 0 Å². The number of nitrogens with zero attached hydrogens (tertiary/aromatic N) is 1. The van der Waals surface area contributed by atoms with Gasteiger partial charge in [-0.1, -0.05) is 65.9 Å². The molecular weight excluding hydrogens is 376 g/mol. The molecule has 27 heavy (non-hydrogen) atoms. The van der Waals surface area contributed by atoms with Gasteiger partial charge >= 0.3 is 0 Å². The molecule has 3 rings (SSSR count). The second-order valence-corrected chi connectivity index (χ2v) is 8.09. The minimum atomic E-state index is -0.145. The number of anilines is 1. The van der Waals surface area contributed by atoms with Crippen LogP contribution in [0, 0.1) is 13.8 Å². The number of nitrogens with one attached hydrogen (secondary N) is 1. The van der Waals surface area contributed by atoms with Gasteiger partial charge in [-0.15, -0.1) is 0 Å². The Morgan fingerprint density at radius 3 is 2.59 bits per heavy atom. The first-order valence-corrected chi connectivity index (χ1v) is 9.83. The van der Waals surface area contributed by atoms with Crippen LogP contribution in [0.3, 0.4) is 0 Å². The Kier molecular flexibility index (Phi) is 6.08. The Bertz CT molecular complexity index is 920. The normalized spacial score (nSPS) is 15.5. The number of benzene rings is 2. The van der Waals surface area contributed by atoms with Crippen LogP contribution < -0.4 is 5.32 Å². The van der Waals surface area contributed by atoms with E-state index < -0.39 is 0 Å². The first kappa shape index (κ1) is 19.3. The van der Waals surface area contributed by atoms with Gasteiger partial charge in [-0.25, -0.2) is 0 Å². The fraction of sp³-hybridized carbons (Fsp3) is 0.190. The van der Waals surface area contributed by atoms with E-state index in [2.05, 4.69) is 5.32 Å². The Morgan fingerprint density at radius 1 is 1.15 bits per heavy atom. The van der Waals surface area contributed by atoms with Crippen molar-refractivity contribution in [3.8, 4) is 0 Å². The summed E-state index contributed by atoms with van der Waals surface area (Å²) in [6.07, 6.45) is 2.03. The van der Waals surface area contributed by atoms with E-state index >= 15 is 0 Å². The van der Waals surface area contributed by atoms with Crippen molar-refractivity contribution in [1.29, 1.82) is 0 Å². The number of hydrogen-bond acceptors (Lipinski definition) is 4. The van der Waals surface area contributed by atoms with Gasteiger partial charge in [0.2, 0.25) is 5.91 Å².